The van der Waals surface area contributed by atoms with Crippen LogP contribution >= 0.6 is 11.6 Å². The zero-order valence-electron chi connectivity index (χ0n) is 12.2. The number of hydrogen-bond donors (Lipinski definition) is 1. The van der Waals surface area contributed by atoms with E-state index in [0.717, 1.165) is 5.56 Å². The Bertz CT molecular complexity index is 810. The van der Waals surface area contributed by atoms with E-state index in [-0.39, 0.29) is 18.9 Å². The Morgan fingerprint density at radius 3 is 2.70 bits per heavy atom. The fourth-order valence-corrected chi connectivity index (χ4v) is 2.07. The number of carbonyl (C=O) groups excluding carboxylic acids is 1. The van der Waals surface area contributed by atoms with Gasteiger partial charge in [0.2, 0.25) is 17.6 Å². The van der Waals surface area contributed by atoms with Crippen LogP contribution in [0.2, 0.25) is 5.02 Å². The Kier molecular flexibility index (Phi) is 4.38. The van der Waals surface area contributed by atoms with E-state index in [9.17, 15) is 4.79 Å². The van der Waals surface area contributed by atoms with Gasteiger partial charge in [0.25, 0.3) is 0 Å². The molecule has 0 saturated heterocycles. The Labute approximate surface area is 136 Å². The van der Waals surface area contributed by atoms with Gasteiger partial charge < -0.3 is 14.4 Å². The maximum atomic E-state index is 11.8. The number of nitrogens with one attached hydrogen (secondary N) is 1. The first kappa shape index (κ1) is 15.2. The van der Waals surface area contributed by atoms with Crippen LogP contribution in [0.4, 0.5) is 0 Å². The summed E-state index contributed by atoms with van der Waals surface area (Å²) in [7, 11) is 0. The molecule has 0 aliphatic heterocycles. The number of aromatic nitrogens is 3. The van der Waals surface area contributed by atoms with Crippen LogP contribution < -0.4 is 5.32 Å². The number of halogens is 1. The minimum absolute atomic E-state index is 0.134. The maximum absolute atomic E-state index is 11.8. The number of benzene rings is 1. The van der Waals surface area contributed by atoms with Crippen LogP contribution in [0.5, 0.6) is 0 Å². The van der Waals surface area contributed by atoms with Crippen molar-refractivity contribution in [1.82, 2.24) is 20.6 Å². The second kappa shape index (κ2) is 6.62. The van der Waals surface area contributed by atoms with E-state index in [1.165, 1.54) is 0 Å². The van der Waals surface area contributed by atoms with Gasteiger partial charge in [0.1, 0.15) is 5.76 Å². The maximum Gasteiger partial charge on any atom is 0.246 e. The molecule has 23 heavy (non-hydrogen) atoms. The van der Waals surface area contributed by atoms with Crippen LogP contribution in [-0.2, 0) is 17.8 Å². The van der Waals surface area contributed by atoms with Gasteiger partial charge in [0.15, 0.2) is 0 Å². The number of amides is 1. The Morgan fingerprint density at radius 1 is 1.22 bits per heavy atom. The lowest BCUT2D eigenvalue weighted by Gasteiger charge is -1.99. The standard InChI is InChI=1S/C15H13ClN4O3/c1-9-6-12(19-22-9)7-13(21)17-8-14-18-15(20-23-14)10-2-4-11(16)5-3-10/h2-6H,7-8H2,1H3,(H,17,21). The first-order valence-corrected chi connectivity index (χ1v) is 7.25. The lowest BCUT2D eigenvalue weighted by atomic mass is 10.2. The van der Waals surface area contributed by atoms with Gasteiger partial charge in [-0.2, -0.15) is 4.98 Å². The first-order valence-electron chi connectivity index (χ1n) is 6.87. The van der Waals surface area contributed by atoms with E-state index in [0.29, 0.717) is 28.2 Å². The minimum atomic E-state index is -0.204. The van der Waals surface area contributed by atoms with Crippen molar-refractivity contribution in [3.05, 3.63) is 52.7 Å². The zero-order valence-corrected chi connectivity index (χ0v) is 13.0. The van der Waals surface area contributed by atoms with Crippen LogP contribution in [0.25, 0.3) is 11.4 Å². The Balaban J connectivity index is 1.56. The average Bonchev–Trinajstić information content (AvgIpc) is 3.15. The summed E-state index contributed by atoms with van der Waals surface area (Å²) >= 11 is 5.83. The largest absolute Gasteiger partial charge is 0.361 e. The fourth-order valence-electron chi connectivity index (χ4n) is 1.95. The van der Waals surface area contributed by atoms with Crippen molar-refractivity contribution >= 4 is 17.5 Å². The molecule has 0 aliphatic rings. The summed E-state index contributed by atoms with van der Waals surface area (Å²) in [5, 5.41) is 11.0. The van der Waals surface area contributed by atoms with Crippen molar-refractivity contribution in [2.45, 2.75) is 19.9 Å². The first-order chi connectivity index (χ1) is 11.1. The second-order valence-corrected chi connectivity index (χ2v) is 5.34. The molecule has 2 heterocycles. The molecule has 2 aromatic heterocycles. The van der Waals surface area contributed by atoms with Crippen LogP contribution in [0.15, 0.2) is 39.4 Å². The van der Waals surface area contributed by atoms with Gasteiger partial charge in [0.05, 0.1) is 18.7 Å². The summed E-state index contributed by atoms with van der Waals surface area (Å²) in [5.41, 5.74) is 1.36. The second-order valence-electron chi connectivity index (χ2n) is 4.90. The molecule has 0 unspecified atom stereocenters. The molecule has 3 aromatic rings. The summed E-state index contributed by atoms with van der Waals surface area (Å²) < 4.78 is 10.0. The minimum Gasteiger partial charge on any atom is -0.361 e. The van der Waals surface area contributed by atoms with Gasteiger partial charge in [0, 0.05) is 16.7 Å². The molecular formula is C15H13ClN4O3. The normalized spacial score (nSPS) is 10.7. The summed E-state index contributed by atoms with van der Waals surface area (Å²) in [5.74, 6) is 1.22. The molecule has 0 fully saturated rings. The molecule has 0 atom stereocenters. The van der Waals surface area contributed by atoms with Crippen molar-refractivity contribution in [1.29, 1.82) is 0 Å². The van der Waals surface area contributed by atoms with Gasteiger partial charge in [-0.05, 0) is 31.2 Å². The number of rotatable bonds is 5. The molecular weight excluding hydrogens is 320 g/mol. The molecule has 1 amide bonds. The third-order valence-corrected chi connectivity index (χ3v) is 3.28. The molecule has 0 bridgehead atoms. The van der Waals surface area contributed by atoms with Gasteiger partial charge in [-0.25, -0.2) is 0 Å². The van der Waals surface area contributed by atoms with Crippen LogP contribution in [-0.4, -0.2) is 21.2 Å². The highest BCUT2D eigenvalue weighted by molar-refractivity contribution is 6.30. The van der Waals surface area contributed by atoms with E-state index < -0.39 is 0 Å². The Morgan fingerprint density at radius 2 is 2.00 bits per heavy atom. The molecule has 0 radical (unpaired) electrons. The third-order valence-electron chi connectivity index (χ3n) is 3.03. The van der Waals surface area contributed by atoms with Crippen molar-refractivity contribution in [3.63, 3.8) is 0 Å². The van der Waals surface area contributed by atoms with Crippen LogP contribution in [0.1, 0.15) is 17.3 Å². The number of nitrogens with zero attached hydrogens (tertiary/aromatic N) is 3. The van der Waals surface area contributed by atoms with Crippen molar-refractivity contribution in [3.8, 4) is 11.4 Å². The molecule has 0 spiro atoms. The molecule has 1 aromatic carbocycles. The summed E-state index contributed by atoms with van der Waals surface area (Å²) in [4.78, 5) is 16.0. The molecule has 0 saturated carbocycles. The fraction of sp³-hybridized carbons (Fsp3) is 0.200. The SMILES string of the molecule is Cc1cc(CC(=O)NCc2nc(-c3ccc(Cl)cc3)no2)no1. The predicted molar refractivity (Wildman–Crippen MR) is 81.5 cm³/mol. The quantitative estimate of drug-likeness (QED) is 0.771. The lowest BCUT2D eigenvalue weighted by Crippen LogP contribution is -2.24. The van der Waals surface area contributed by atoms with E-state index >= 15 is 0 Å². The topological polar surface area (TPSA) is 94.1 Å². The van der Waals surface area contributed by atoms with Gasteiger partial charge in [-0.1, -0.05) is 21.9 Å². The van der Waals surface area contributed by atoms with Crippen molar-refractivity contribution in [2.24, 2.45) is 0 Å². The van der Waals surface area contributed by atoms with E-state index in [1.54, 1.807) is 37.3 Å². The monoisotopic (exact) mass is 332 g/mol. The van der Waals surface area contributed by atoms with Gasteiger partial charge >= 0.3 is 0 Å². The molecule has 8 heteroatoms. The summed E-state index contributed by atoms with van der Waals surface area (Å²) in [6.45, 7) is 1.92. The van der Waals surface area contributed by atoms with Gasteiger partial charge in [-0.15, -0.1) is 0 Å². The average molecular weight is 333 g/mol. The highest BCUT2D eigenvalue weighted by Crippen LogP contribution is 2.18. The van der Waals surface area contributed by atoms with E-state index in [1.807, 2.05) is 0 Å². The predicted octanol–water partition coefficient (Wildman–Crippen LogP) is 2.55. The number of hydrogen-bond acceptors (Lipinski definition) is 6. The van der Waals surface area contributed by atoms with E-state index in [4.69, 9.17) is 20.6 Å². The zero-order chi connectivity index (χ0) is 16.2. The molecule has 7 nitrogen and oxygen atoms in total. The van der Waals surface area contributed by atoms with Crippen LogP contribution in [0.3, 0.4) is 0 Å². The highest BCUT2D eigenvalue weighted by atomic mass is 35.5. The smallest absolute Gasteiger partial charge is 0.246 e. The number of carbonyl (C=O) groups is 1. The van der Waals surface area contributed by atoms with Gasteiger partial charge in [-0.3, -0.25) is 4.79 Å². The summed E-state index contributed by atoms with van der Waals surface area (Å²) in [6.07, 6.45) is 0.134. The molecule has 118 valence electrons. The Hall–Kier alpha value is -2.67. The van der Waals surface area contributed by atoms with Crippen molar-refractivity contribution < 1.29 is 13.8 Å². The molecule has 3 rings (SSSR count). The highest BCUT2D eigenvalue weighted by Gasteiger charge is 2.11. The number of aryl methyl sites for hydroxylation is 1. The summed E-state index contributed by atoms with van der Waals surface area (Å²) in [6, 6.07) is 8.79. The van der Waals surface area contributed by atoms with Crippen molar-refractivity contribution in [2.75, 3.05) is 0 Å². The molecule has 0 aliphatic carbocycles. The lowest BCUT2D eigenvalue weighted by molar-refractivity contribution is -0.120. The van der Waals surface area contributed by atoms with Crippen LogP contribution in [0, 0.1) is 6.92 Å². The third kappa shape index (κ3) is 3.95. The molecule has 1 N–H and O–H groups in total. The van der Waals surface area contributed by atoms with E-state index in [2.05, 4.69) is 20.6 Å².